The van der Waals surface area contributed by atoms with Gasteiger partial charge >= 0.3 is 5.97 Å². The van der Waals surface area contributed by atoms with Crippen LogP contribution in [0.5, 0.6) is 0 Å². The molecule has 0 aliphatic heterocycles. The lowest BCUT2D eigenvalue weighted by Gasteiger charge is -2.18. The Bertz CT molecular complexity index is 977. The fourth-order valence-electron chi connectivity index (χ4n) is 2.61. The minimum Gasteiger partial charge on any atom is -0.447 e. The monoisotopic (exact) mass is 397 g/mol. The largest absolute Gasteiger partial charge is 0.447 e. The van der Waals surface area contributed by atoms with Crippen molar-refractivity contribution in [2.45, 2.75) is 36.9 Å². The summed E-state index contributed by atoms with van der Waals surface area (Å²) in [5.41, 5.74) is 1.08. The van der Waals surface area contributed by atoms with E-state index in [-0.39, 0.29) is 23.3 Å². The summed E-state index contributed by atoms with van der Waals surface area (Å²) >= 11 is 0.999. The maximum atomic E-state index is 12.5. The summed E-state index contributed by atoms with van der Waals surface area (Å²) in [5.74, 6) is -1.11. The highest BCUT2D eigenvalue weighted by Crippen LogP contribution is 2.25. The van der Waals surface area contributed by atoms with Gasteiger partial charge in [-0.2, -0.15) is 5.26 Å². The zero-order valence-corrected chi connectivity index (χ0v) is 16.0. The number of esters is 1. The van der Waals surface area contributed by atoms with Crippen LogP contribution in [0.15, 0.2) is 46.2 Å². The number of amides is 1. The van der Waals surface area contributed by atoms with Crippen molar-refractivity contribution in [2.75, 3.05) is 5.75 Å². The Balaban J connectivity index is 1.70. The Morgan fingerprint density at radius 3 is 2.71 bits per heavy atom. The van der Waals surface area contributed by atoms with Crippen molar-refractivity contribution in [2.24, 2.45) is 0 Å². The van der Waals surface area contributed by atoms with Gasteiger partial charge in [0.2, 0.25) is 11.7 Å². The van der Waals surface area contributed by atoms with Crippen LogP contribution in [-0.2, 0) is 14.3 Å². The molecule has 0 unspecified atom stereocenters. The number of H-pyrrole nitrogens is 1. The minimum absolute atomic E-state index is 0.141. The number of nitrogens with one attached hydrogen (secondary N) is 2. The van der Waals surface area contributed by atoms with Gasteiger partial charge < -0.3 is 15.0 Å². The third kappa shape index (κ3) is 5.02. The van der Waals surface area contributed by atoms with Crippen molar-refractivity contribution in [3.05, 3.63) is 63.4 Å². The summed E-state index contributed by atoms with van der Waals surface area (Å²) in [6, 6.07) is 12.3. The van der Waals surface area contributed by atoms with Gasteiger partial charge in [-0.3, -0.25) is 14.4 Å². The molecule has 144 valence electrons. The standard InChI is InChI=1S/C20H19N3O4S/c1-12-9-16(24)23-20(15(12)10-21)28-11-17(25)27-18(13-5-3-2-4-6-13)19(26)22-14-7-8-14/h2-6,9,14,18H,7-8,11H2,1H3,(H,22,26)(H,23,24)/t18-/m0/s1. The number of aromatic amines is 1. The van der Waals surface area contributed by atoms with Gasteiger partial charge in [0.15, 0.2) is 0 Å². The number of nitriles is 1. The number of carbonyl (C=O) groups is 2. The van der Waals surface area contributed by atoms with Gasteiger partial charge in [0.05, 0.1) is 16.3 Å². The van der Waals surface area contributed by atoms with Crippen LogP contribution in [0.1, 0.15) is 35.6 Å². The number of rotatable bonds is 7. The van der Waals surface area contributed by atoms with Gasteiger partial charge in [-0.25, -0.2) is 0 Å². The molecule has 7 nitrogen and oxygen atoms in total. The molecule has 1 aromatic heterocycles. The van der Waals surface area contributed by atoms with Crippen molar-refractivity contribution in [1.29, 1.82) is 5.26 Å². The molecule has 28 heavy (non-hydrogen) atoms. The van der Waals surface area contributed by atoms with Crippen LogP contribution < -0.4 is 10.9 Å². The first-order valence-electron chi connectivity index (χ1n) is 8.79. The van der Waals surface area contributed by atoms with E-state index in [1.165, 1.54) is 6.07 Å². The fourth-order valence-corrected chi connectivity index (χ4v) is 3.46. The van der Waals surface area contributed by atoms with Crippen LogP contribution in [-0.4, -0.2) is 28.7 Å². The molecule has 0 bridgehead atoms. The number of ether oxygens (including phenoxy) is 1. The predicted octanol–water partition coefficient (Wildman–Crippen LogP) is 2.21. The van der Waals surface area contributed by atoms with E-state index in [2.05, 4.69) is 10.3 Å². The SMILES string of the molecule is Cc1cc(=O)[nH]c(SCC(=O)O[C@H](C(=O)NC2CC2)c2ccccc2)c1C#N. The number of nitrogens with zero attached hydrogens (tertiary/aromatic N) is 1. The average molecular weight is 397 g/mol. The molecular formula is C20H19N3O4S. The quantitative estimate of drug-likeness (QED) is 0.547. The van der Waals surface area contributed by atoms with E-state index in [1.54, 1.807) is 31.2 Å². The molecule has 1 amide bonds. The molecule has 1 saturated carbocycles. The number of pyridine rings is 1. The zero-order valence-electron chi connectivity index (χ0n) is 15.2. The summed E-state index contributed by atoms with van der Waals surface area (Å²) in [6.07, 6.45) is 0.811. The number of aromatic nitrogens is 1. The Morgan fingerprint density at radius 1 is 1.36 bits per heavy atom. The Hall–Kier alpha value is -3.05. The zero-order chi connectivity index (χ0) is 20.1. The van der Waals surface area contributed by atoms with Crippen LogP contribution in [0.3, 0.4) is 0 Å². The highest BCUT2D eigenvalue weighted by molar-refractivity contribution is 7.99. The normalized spacial score (nSPS) is 14.0. The second-order valence-corrected chi connectivity index (χ2v) is 7.47. The molecule has 1 aromatic carbocycles. The highest BCUT2D eigenvalue weighted by atomic mass is 32.2. The van der Waals surface area contributed by atoms with Crippen LogP contribution >= 0.6 is 11.8 Å². The van der Waals surface area contributed by atoms with E-state index >= 15 is 0 Å². The smallest absolute Gasteiger partial charge is 0.317 e. The Labute approximate surface area is 166 Å². The number of aryl methyl sites for hydroxylation is 1. The molecule has 1 fully saturated rings. The third-order valence-electron chi connectivity index (χ3n) is 4.17. The van der Waals surface area contributed by atoms with Gasteiger partial charge in [0, 0.05) is 17.7 Å². The van der Waals surface area contributed by atoms with E-state index in [4.69, 9.17) is 4.74 Å². The molecule has 1 aliphatic carbocycles. The van der Waals surface area contributed by atoms with Crippen LogP contribution in [0.25, 0.3) is 0 Å². The topological polar surface area (TPSA) is 112 Å². The third-order valence-corrected chi connectivity index (χ3v) is 5.14. The van der Waals surface area contributed by atoms with E-state index in [1.807, 2.05) is 12.1 Å². The second kappa shape index (κ2) is 8.76. The minimum atomic E-state index is -1.04. The molecule has 0 spiro atoms. The number of thioether (sulfide) groups is 1. The van der Waals surface area contributed by atoms with Crippen molar-refractivity contribution < 1.29 is 14.3 Å². The highest BCUT2D eigenvalue weighted by Gasteiger charge is 2.30. The Morgan fingerprint density at radius 2 is 2.07 bits per heavy atom. The molecule has 0 radical (unpaired) electrons. The first kappa shape index (κ1) is 19.7. The summed E-state index contributed by atoms with van der Waals surface area (Å²) in [4.78, 5) is 39.1. The van der Waals surface area contributed by atoms with E-state index in [0.29, 0.717) is 21.7 Å². The van der Waals surface area contributed by atoms with Crippen LogP contribution in [0.2, 0.25) is 0 Å². The van der Waals surface area contributed by atoms with E-state index < -0.39 is 12.1 Å². The van der Waals surface area contributed by atoms with Gasteiger partial charge in [-0.15, -0.1) is 0 Å². The van der Waals surface area contributed by atoms with Gasteiger partial charge in [0.1, 0.15) is 6.07 Å². The molecule has 2 N–H and O–H groups in total. The predicted molar refractivity (Wildman–Crippen MR) is 104 cm³/mol. The number of carbonyl (C=O) groups excluding carboxylic acids is 2. The molecule has 3 rings (SSSR count). The lowest BCUT2D eigenvalue weighted by molar-refractivity contribution is -0.154. The van der Waals surface area contributed by atoms with Crippen molar-refractivity contribution in [3.63, 3.8) is 0 Å². The van der Waals surface area contributed by atoms with E-state index in [0.717, 1.165) is 24.6 Å². The molecule has 1 heterocycles. The van der Waals surface area contributed by atoms with E-state index in [9.17, 15) is 19.6 Å². The first-order valence-corrected chi connectivity index (χ1v) is 9.78. The van der Waals surface area contributed by atoms with Crippen molar-refractivity contribution >= 4 is 23.6 Å². The van der Waals surface area contributed by atoms with Crippen LogP contribution in [0, 0.1) is 18.3 Å². The molecule has 1 atom stereocenters. The second-order valence-electron chi connectivity index (χ2n) is 6.48. The molecule has 1 aliphatic rings. The summed E-state index contributed by atoms with van der Waals surface area (Å²) < 4.78 is 5.44. The molecule has 0 saturated heterocycles. The summed E-state index contributed by atoms with van der Waals surface area (Å²) in [7, 11) is 0. The van der Waals surface area contributed by atoms with Crippen molar-refractivity contribution in [1.82, 2.24) is 10.3 Å². The lowest BCUT2D eigenvalue weighted by atomic mass is 10.1. The first-order chi connectivity index (χ1) is 13.5. The maximum absolute atomic E-state index is 12.5. The van der Waals surface area contributed by atoms with Gasteiger partial charge in [0.25, 0.3) is 5.91 Å². The van der Waals surface area contributed by atoms with Gasteiger partial charge in [-0.1, -0.05) is 42.1 Å². The fraction of sp³-hybridized carbons (Fsp3) is 0.300. The lowest BCUT2D eigenvalue weighted by Crippen LogP contribution is -2.33. The number of hydrogen-bond donors (Lipinski definition) is 2. The Kier molecular flexibility index (Phi) is 6.16. The molecule has 8 heteroatoms. The summed E-state index contributed by atoms with van der Waals surface area (Å²) in [5, 5.41) is 12.4. The van der Waals surface area contributed by atoms with Crippen LogP contribution in [0.4, 0.5) is 0 Å². The van der Waals surface area contributed by atoms with Gasteiger partial charge in [-0.05, 0) is 25.3 Å². The number of benzene rings is 1. The maximum Gasteiger partial charge on any atom is 0.317 e. The molecule has 2 aromatic rings. The average Bonchev–Trinajstić information content (AvgIpc) is 3.48. The number of hydrogen-bond acceptors (Lipinski definition) is 6. The summed E-state index contributed by atoms with van der Waals surface area (Å²) in [6.45, 7) is 1.66. The van der Waals surface area contributed by atoms with Crippen molar-refractivity contribution in [3.8, 4) is 6.07 Å². The molecular weight excluding hydrogens is 378 g/mol.